The molecule has 0 saturated carbocycles. The SMILES string of the molecule is CCc1ccc(CC)c(CCc2cn(C)nn2)c1. The summed E-state index contributed by atoms with van der Waals surface area (Å²) in [6, 6.07) is 6.85. The minimum absolute atomic E-state index is 0.966. The maximum Gasteiger partial charge on any atom is 0.0830 e. The summed E-state index contributed by atoms with van der Waals surface area (Å²) in [6.07, 6.45) is 6.21. The molecule has 0 N–H and O–H groups in total. The molecule has 0 aliphatic rings. The average molecular weight is 243 g/mol. The van der Waals surface area contributed by atoms with E-state index in [0.717, 1.165) is 31.4 Å². The van der Waals surface area contributed by atoms with Crippen LogP contribution < -0.4 is 0 Å². The van der Waals surface area contributed by atoms with Crippen LogP contribution in [0.25, 0.3) is 0 Å². The van der Waals surface area contributed by atoms with E-state index in [2.05, 4.69) is 42.4 Å². The molecule has 0 radical (unpaired) electrons. The fraction of sp³-hybridized carbons (Fsp3) is 0.467. The van der Waals surface area contributed by atoms with E-state index in [9.17, 15) is 0 Å². The van der Waals surface area contributed by atoms with Crippen LogP contribution in [0.5, 0.6) is 0 Å². The molecule has 0 saturated heterocycles. The van der Waals surface area contributed by atoms with Gasteiger partial charge < -0.3 is 0 Å². The van der Waals surface area contributed by atoms with Crippen LogP contribution in [0.2, 0.25) is 0 Å². The molecule has 1 aromatic heterocycles. The first-order valence-electron chi connectivity index (χ1n) is 6.68. The lowest BCUT2D eigenvalue weighted by Crippen LogP contribution is -1.98. The summed E-state index contributed by atoms with van der Waals surface area (Å²) in [5.41, 5.74) is 5.40. The highest BCUT2D eigenvalue weighted by Gasteiger charge is 2.05. The normalized spacial score (nSPS) is 10.8. The van der Waals surface area contributed by atoms with Gasteiger partial charge >= 0.3 is 0 Å². The van der Waals surface area contributed by atoms with E-state index in [1.807, 2.05) is 13.2 Å². The molecule has 0 aliphatic carbocycles. The molecule has 1 heterocycles. The summed E-state index contributed by atoms with van der Waals surface area (Å²) in [5, 5.41) is 8.11. The van der Waals surface area contributed by atoms with Gasteiger partial charge in [0.05, 0.1) is 5.69 Å². The van der Waals surface area contributed by atoms with Crippen LogP contribution >= 0.6 is 0 Å². The highest BCUT2D eigenvalue weighted by atomic mass is 15.4. The van der Waals surface area contributed by atoms with E-state index in [1.165, 1.54) is 16.7 Å². The number of aromatic nitrogens is 3. The van der Waals surface area contributed by atoms with Gasteiger partial charge in [0.1, 0.15) is 0 Å². The zero-order valence-corrected chi connectivity index (χ0v) is 11.5. The largest absolute Gasteiger partial charge is 0.255 e. The first-order chi connectivity index (χ1) is 8.72. The van der Waals surface area contributed by atoms with Crippen LogP contribution in [0.15, 0.2) is 24.4 Å². The molecule has 0 aliphatic heterocycles. The number of aryl methyl sites for hydroxylation is 5. The summed E-state index contributed by atoms with van der Waals surface area (Å²) in [4.78, 5) is 0. The van der Waals surface area contributed by atoms with Crippen molar-refractivity contribution in [3.05, 3.63) is 46.8 Å². The average Bonchev–Trinajstić information content (AvgIpc) is 2.81. The van der Waals surface area contributed by atoms with Crippen LogP contribution in [0.1, 0.15) is 36.2 Å². The van der Waals surface area contributed by atoms with E-state index in [4.69, 9.17) is 0 Å². The summed E-state index contributed by atoms with van der Waals surface area (Å²) in [5.74, 6) is 0. The summed E-state index contributed by atoms with van der Waals surface area (Å²) in [6.45, 7) is 4.42. The molecule has 0 bridgehead atoms. The minimum atomic E-state index is 0.966. The van der Waals surface area contributed by atoms with Crippen LogP contribution in [-0.2, 0) is 32.7 Å². The second-order valence-corrected chi connectivity index (χ2v) is 4.69. The Balaban J connectivity index is 2.11. The summed E-state index contributed by atoms with van der Waals surface area (Å²) < 4.78 is 1.76. The van der Waals surface area contributed by atoms with E-state index in [-0.39, 0.29) is 0 Å². The van der Waals surface area contributed by atoms with Crippen molar-refractivity contribution in [1.29, 1.82) is 0 Å². The maximum absolute atomic E-state index is 4.14. The topological polar surface area (TPSA) is 30.7 Å². The van der Waals surface area contributed by atoms with E-state index in [1.54, 1.807) is 4.68 Å². The third-order valence-corrected chi connectivity index (χ3v) is 3.36. The van der Waals surface area contributed by atoms with E-state index >= 15 is 0 Å². The van der Waals surface area contributed by atoms with Gasteiger partial charge in [0.2, 0.25) is 0 Å². The van der Waals surface area contributed by atoms with E-state index in [0.29, 0.717) is 0 Å². The molecule has 3 heteroatoms. The van der Waals surface area contributed by atoms with Crippen LogP contribution in [-0.4, -0.2) is 15.0 Å². The Morgan fingerprint density at radius 2 is 1.89 bits per heavy atom. The lowest BCUT2D eigenvalue weighted by Gasteiger charge is -2.09. The fourth-order valence-corrected chi connectivity index (χ4v) is 2.25. The minimum Gasteiger partial charge on any atom is -0.255 e. The van der Waals surface area contributed by atoms with Crippen molar-refractivity contribution >= 4 is 0 Å². The number of benzene rings is 1. The molecular formula is C15H21N3. The monoisotopic (exact) mass is 243 g/mol. The van der Waals surface area contributed by atoms with Gasteiger partial charge in [-0.1, -0.05) is 37.3 Å². The Labute approximate surface area is 109 Å². The zero-order chi connectivity index (χ0) is 13.0. The predicted molar refractivity (Wildman–Crippen MR) is 73.6 cm³/mol. The van der Waals surface area contributed by atoms with Crippen molar-refractivity contribution < 1.29 is 0 Å². The molecular weight excluding hydrogens is 222 g/mol. The van der Waals surface area contributed by atoms with Crippen LogP contribution in [0.3, 0.4) is 0 Å². The summed E-state index contributed by atoms with van der Waals surface area (Å²) >= 11 is 0. The van der Waals surface area contributed by atoms with Crippen molar-refractivity contribution in [2.75, 3.05) is 0 Å². The molecule has 0 unspecified atom stereocenters. The number of hydrogen-bond acceptors (Lipinski definition) is 2. The standard InChI is InChI=1S/C15H21N3/c1-4-12-6-7-13(5-2)14(10-12)8-9-15-11-18(3)17-16-15/h6-7,10-11H,4-5,8-9H2,1-3H3. The lowest BCUT2D eigenvalue weighted by atomic mass is 9.97. The smallest absolute Gasteiger partial charge is 0.0830 e. The van der Waals surface area contributed by atoms with Gasteiger partial charge in [-0.25, -0.2) is 0 Å². The molecule has 3 nitrogen and oxygen atoms in total. The third-order valence-electron chi connectivity index (χ3n) is 3.36. The van der Waals surface area contributed by atoms with Gasteiger partial charge in [0, 0.05) is 13.2 Å². The molecule has 0 fully saturated rings. The molecule has 1 aromatic carbocycles. The Hall–Kier alpha value is -1.64. The van der Waals surface area contributed by atoms with Gasteiger partial charge in [-0.3, -0.25) is 4.68 Å². The maximum atomic E-state index is 4.14. The van der Waals surface area contributed by atoms with Gasteiger partial charge in [-0.15, -0.1) is 5.10 Å². The number of hydrogen-bond donors (Lipinski definition) is 0. The molecule has 0 amide bonds. The Morgan fingerprint density at radius 3 is 2.50 bits per heavy atom. The number of rotatable bonds is 5. The van der Waals surface area contributed by atoms with Crippen molar-refractivity contribution in [1.82, 2.24) is 15.0 Å². The molecule has 0 atom stereocenters. The predicted octanol–water partition coefficient (Wildman–Crippen LogP) is 2.73. The lowest BCUT2D eigenvalue weighted by molar-refractivity contribution is 0.712. The van der Waals surface area contributed by atoms with Gasteiger partial charge in [0.25, 0.3) is 0 Å². The fourth-order valence-electron chi connectivity index (χ4n) is 2.25. The molecule has 96 valence electrons. The molecule has 0 spiro atoms. The highest BCUT2D eigenvalue weighted by Crippen LogP contribution is 2.15. The van der Waals surface area contributed by atoms with Crippen molar-refractivity contribution in [3.8, 4) is 0 Å². The van der Waals surface area contributed by atoms with Crippen molar-refractivity contribution in [2.24, 2.45) is 7.05 Å². The first-order valence-corrected chi connectivity index (χ1v) is 6.68. The third kappa shape index (κ3) is 2.97. The van der Waals surface area contributed by atoms with Crippen LogP contribution in [0.4, 0.5) is 0 Å². The van der Waals surface area contributed by atoms with Crippen LogP contribution in [0, 0.1) is 0 Å². The van der Waals surface area contributed by atoms with Gasteiger partial charge in [0.15, 0.2) is 0 Å². The van der Waals surface area contributed by atoms with Crippen molar-refractivity contribution in [2.45, 2.75) is 39.5 Å². The van der Waals surface area contributed by atoms with E-state index < -0.39 is 0 Å². The highest BCUT2D eigenvalue weighted by molar-refractivity contribution is 5.32. The Kier molecular flexibility index (Phi) is 4.13. The quantitative estimate of drug-likeness (QED) is 0.808. The summed E-state index contributed by atoms with van der Waals surface area (Å²) in [7, 11) is 1.91. The molecule has 2 aromatic rings. The van der Waals surface area contributed by atoms with Gasteiger partial charge in [-0.05, 0) is 42.4 Å². The first kappa shape index (κ1) is 12.8. The Bertz CT molecular complexity index is 514. The Morgan fingerprint density at radius 1 is 1.06 bits per heavy atom. The zero-order valence-electron chi connectivity index (χ0n) is 11.5. The van der Waals surface area contributed by atoms with Crippen molar-refractivity contribution in [3.63, 3.8) is 0 Å². The second kappa shape index (κ2) is 5.80. The molecule has 18 heavy (non-hydrogen) atoms. The number of nitrogens with zero attached hydrogens (tertiary/aromatic N) is 3. The van der Waals surface area contributed by atoms with Gasteiger partial charge in [-0.2, -0.15) is 0 Å². The molecule has 2 rings (SSSR count). The second-order valence-electron chi connectivity index (χ2n) is 4.69.